The van der Waals surface area contributed by atoms with Crippen LogP contribution in [0.4, 0.5) is 0 Å². The SMILES string of the molecule is CC(C)(C)OC(=O)CN1C(CO[Si](c2ccccc2)(c2ccccc2)C(C)(C)C)C1C1CCCCC1. The number of nitrogens with zero attached hydrogens (tertiary/aromatic N) is 1. The van der Waals surface area contributed by atoms with Crippen molar-refractivity contribution in [2.45, 2.75) is 96.4 Å². The van der Waals surface area contributed by atoms with Crippen molar-refractivity contribution in [1.29, 1.82) is 0 Å². The van der Waals surface area contributed by atoms with Crippen molar-refractivity contribution >= 4 is 24.7 Å². The Kier molecular flexibility index (Phi) is 8.13. The van der Waals surface area contributed by atoms with Crippen LogP contribution in [0.3, 0.4) is 0 Å². The van der Waals surface area contributed by atoms with E-state index in [1.165, 1.54) is 42.5 Å². The van der Waals surface area contributed by atoms with Crippen LogP contribution in [0, 0.1) is 5.92 Å². The minimum atomic E-state index is -2.60. The molecule has 2 aliphatic rings. The van der Waals surface area contributed by atoms with E-state index < -0.39 is 13.9 Å². The molecule has 0 N–H and O–H groups in total. The number of hydrogen-bond acceptors (Lipinski definition) is 4. The molecule has 4 rings (SSSR count). The lowest BCUT2D eigenvalue weighted by molar-refractivity contribution is -0.155. The molecule has 5 heteroatoms. The molecule has 3 atom stereocenters. The van der Waals surface area contributed by atoms with Gasteiger partial charge in [0.1, 0.15) is 5.60 Å². The van der Waals surface area contributed by atoms with Crippen molar-refractivity contribution in [3.05, 3.63) is 60.7 Å². The first-order valence-electron chi connectivity index (χ1n) is 13.8. The van der Waals surface area contributed by atoms with Crippen LogP contribution in [0.5, 0.6) is 0 Å². The zero-order valence-corrected chi connectivity index (χ0v) is 24.1. The Bertz CT molecular complexity index is 950. The van der Waals surface area contributed by atoms with Crippen LogP contribution >= 0.6 is 0 Å². The smallest absolute Gasteiger partial charge is 0.320 e. The predicted molar refractivity (Wildman–Crippen MR) is 150 cm³/mol. The highest BCUT2D eigenvalue weighted by Crippen LogP contribution is 2.43. The van der Waals surface area contributed by atoms with Crippen molar-refractivity contribution in [1.82, 2.24) is 4.90 Å². The number of carbonyl (C=O) groups excluding carboxylic acids is 1. The molecule has 1 aliphatic heterocycles. The van der Waals surface area contributed by atoms with Gasteiger partial charge in [-0.2, -0.15) is 0 Å². The maximum atomic E-state index is 12.8. The molecule has 0 amide bonds. The third-order valence-corrected chi connectivity index (χ3v) is 12.9. The zero-order valence-electron chi connectivity index (χ0n) is 23.1. The molecular formula is C31H45NO3Si. The van der Waals surface area contributed by atoms with E-state index in [4.69, 9.17) is 9.16 Å². The van der Waals surface area contributed by atoms with Gasteiger partial charge in [0.2, 0.25) is 0 Å². The highest BCUT2D eigenvalue weighted by Gasteiger charge is 2.56. The van der Waals surface area contributed by atoms with Crippen LogP contribution in [0.1, 0.15) is 73.6 Å². The standard InChI is InChI=1S/C31H45NO3Si/c1-30(2,3)35-28(33)22-32-27(29(32)24-16-10-7-11-17-24)23-34-36(31(4,5)6,25-18-12-8-13-19-25)26-20-14-9-15-21-26/h8-9,12-15,18-21,24,27,29H,7,10-11,16-17,22-23H2,1-6H3. The zero-order chi connectivity index (χ0) is 26.0. The average molecular weight is 508 g/mol. The molecule has 1 saturated carbocycles. The van der Waals surface area contributed by atoms with Crippen LogP contribution in [-0.2, 0) is 14.0 Å². The Balaban J connectivity index is 1.61. The van der Waals surface area contributed by atoms with Gasteiger partial charge in [-0.25, -0.2) is 0 Å². The molecule has 36 heavy (non-hydrogen) atoms. The fourth-order valence-electron chi connectivity index (χ4n) is 6.33. The van der Waals surface area contributed by atoms with E-state index in [2.05, 4.69) is 86.3 Å². The number of hydrogen-bond donors (Lipinski definition) is 0. The van der Waals surface area contributed by atoms with Crippen molar-refractivity contribution < 1.29 is 14.0 Å². The topological polar surface area (TPSA) is 38.5 Å². The summed E-state index contributed by atoms with van der Waals surface area (Å²) in [5, 5.41) is 2.55. The molecule has 196 valence electrons. The van der Waals surface area contributed by atoms with E-state index in [1.54, 1.807) is 0 Å². The van der Waals surface area contributed by atoms with Crippen molar-refractivity contribution in [2.75, 3.05) is 13.2 Å². The Morgan fingerprint density at radius 2 is 1.39 bits per heavy atom. The van der Waals surface area contributed by atoms with Gasteiger partial charge in [-0.05, 0) is 54.9 Å². The quantitative estimate of drug-likeness (QED) is 0.267. The first-order chi connectivity index (χ1) is 17.0. The van der Waals surface area contributed by atoms with Gasteiger partial charge in [0.25, 0.3) is 8.32 Å². The summed E-state index contributed by atoms with van der Waals surface area (Å²) in [5.74, 6) is 0.519. The monoisotopic (exact) mass is 507 g/mol. The molecule has 2 aromatic rings. The number of ether oxygens (including phenoxy) is 1. The molecule has 0 bridgehead atoms. The molecule has 3 unspecified atom stereocenters. The summed E-state index contributed by atoms with van der Waals surface area (Å²) in [6, 6.07) is 22.3. The number of benzene rings is 2. The minimum Gasteiger partial charge on any atom is -0.459 e. The van der Waals surface area contributed by atoms with Crippen LogP contribution < -0.4 is 10.4 Å². The summed E-state index contributed by atoms with van der Waals surface area (Å²) in [4.78, 5) is 15.2. The maximum Gasteiger partial charge on any atom is 0.320 e. The Morgan fingerprint density at radius 1 is 0.861 bits per heavy atom. The van der Waals surface area contributed by atoms with Gasteiger partial charge in [0.15, 0.2) is 0 Å². The van der Waals surface area contributed by atoms with E-state index in [0.717, 1.165) is 0 Å². The molecule has 1 saturated heterocycles. The summed E-state index contributed by atoms with van der Waals surface area (Å²) in [6.45, 7) is 13.8. The van der Waals surface area contributed by atoms with Gasteiger partial charge >= 0.3 is 5.97 Å². The van der Waals surface area contributed by atoms with E-state index in [9.17, 15) is 4.79 Å². The van der Waals surface area contributed by atoms with Crippen LogP contribution in [0.25, 0.3) is 0 Å². The lowest BCUT2D eigenvalue weighted by atomic mass is 9.86. The van der Waals surface area contributed by atoms with Gasteiger partial charge < -0.3 is 9.16 Å². The first-order valence-corrected chi connectivity index (χ1v) is 15.7. The minimum absolute atomic E-state index is 0.0546. The van der Waals surface area contributed by atoms with Crippen molar-refractivity contribution in [2.24, 2.45) is 5.92 Å². The molecular weight excluding hydrogens is 462 g/mol. The number of esters is 1. The third kappa shape index (κ3) is 5.95. The van der Waals surface area contributed by atoms with E-state index >= 15 is 0 Å². The van der Waals surface area contributed by atoms with Crippen LogP contribution in [-0.4, -0.2) is 50.0 Å². The second kappa shape index (κ2) is 10.8. The summed E-state index contributed by atoms with van der Waals surface area (Å²) >= 11 is 0. The molecule has 0 spiro atoms. The van der Waals surface area contributed by atoms with Gasteiger partial charge in [-0.15, -0.1) is 0 Å². The first kappa shape index (κ1) is 27.1. The second-order valence-corrected chi connectivity index (χ2v) is 17.0. The molecule has 4 nitrogen and oxygen atoms in total. The second-order valence-electron chi connectivity index (χ2n) is 12.7. The highest BCUT2D eigenvalue weighted by atomic mass is 28.4. The van der Waals surface area contributed by atoms with E-state index in [-0.39, 0.29) is 17.0 Å². The van der Waals surface area contributed by atoms with Crippen LogP contribution in [0.15, 0.2) is 60.7 Å². The fourth-order valence-corrected chi connectivity index (χ4v) is 10.9. The third-order valence-electron chi connectivity index (χ3n) is 7.87. The largest absolute Gasteiger partial charge is 0.459 e. The highest BCUT2D eigenvalue weighted by molar-refractivity contribution is 6.99. The summed E-state index contributed by atoms with van der Waals surface area (Å²) in [5.41, 5.74) is -0.464. The van der Waals surface area contributed by atoms with Gasteiger partial charge in [-0.3, -0.25) is 9.69 Å². The van der Waals surface area contributed by atoms with Gasteiger partial charge in [0.05, 0.1) is 13.2 Å². The molecule has 0 radical (unpaired) electrons. The summed E-state index contributed by atoms with van der Waals surface area (Å²) < 4.78 is 13.0. The lowest BCUT2D eigenvalue weighted by Crippen LogP contribution is -2.67. The average Bonchev–Trinajstić information content (AvgIpc) is 3.51. The number of rotatable bonds is 8. The number of carbonyl (C=O) groups is 1. The maximum absolute atomic E-state index is 12.8. The Morgan fingerprint density at radius 3 is 1.86 bits per heavy atom. The molecule has 2 fully saturated rings. The molecule has 1 aliphatic carbocycles. The summed E-state index contributed by atoms with van der Waals surface area (Å²) in [7, 11) is -2.60. The Hall–Kier alpha value is -1.95. The van der Waals surface area contributed by atoms with Crippen molar-refractivity contribution in [3.63, 3.8) is 0 Å². The van der Waals surface area contributed by atoms with Crippen LogP contribution in [0.2, 0.25) is 5.04 Å². The van der Waals surface area contributed by atoms with E-state index in [0.29, 0.717) is 25.1 Å². The predicted octanol–water partition coefficient (Wildman–Crippen LogP) is 5.54. The van der Waals surface area contributed by atoms with Gasteiger partial charge in [-0.1, -0.05) is 101 Å². The normalized spacial score (nSPS) is 23.3. The molecule has 2 aromatic carbocycles. The van der Waals surface area contributed by atoms with Crippen molar-refractivity contribution in [3.8, 4) is 0 Å². The lowest BCUT2D eigenvalue weighted by Gasteiger charge is -2.43. The Labute approximate surface area is 219 Å². The summed E-state index contributed by atoms with van der Waals surface area (Å²) in [6.07, 6.45) is 6.43. The van der Waals surface area contributed by atoms with E-state index in [1.807, 2.05) is 20.8 Å². The van der Waals surface area contributed by atoms with Gasteiger partial charge in [0, 0.05) is 12.1 Å². The fraction of sp³-hybridized carbons (Fsp3) is 0.581. The molecule has 0 aromatic heterocycles. The molecule has 1 heterocycles.